The molecule has 0 fully saturated rings. The van der Waals surface area contributed by atoms with Crippen molar-refractivity contribution in [2.45, 2.75) is 19.5 Å². The molecule has 4 nitrogen and oxygen atoms in total. The van der Waals surface area contributed by atoms with Crippen LogP contribution in [0.1, 0.15) is 12.0 Å². The molecule has 2 rings (SSSR count). The molecule has 1 aromatic heterocycles. The Hall–Kier alpha value is -1.33. The molecule has 0 unspecified atom stereocenters. The lowest BCUT2D eigenvalue weighted by Crippen LogP contribution is -2.16. The molecule has 1 aromatic carbocycles. The summed E-state index contributed by atoms with van der Waals surface area (Å²) in [4.78, 5) is 0. The molecule has 0 bridgehead atoms. The van der Waals surface area contributed by atoms with Gasteiger partial charge in [0.15, 0.2) is 0 Å². The van der Waals surface area contributed by atoms with Crippen LogP contribution < -0.4 is 10.1 Å². The molecular weight excluding hydrogens is 306 g/mol. The van der Waals surface area contributed by atoms with Crippen LogP contribution in [0.15, 0.2) is 41.1 Å². The topological polar surface area (TPSA) is 39.1 Å². The highest BCUT2D eigenvalue weighted by Gasteiger charge is 2.01. The molecule has 102 valence electrons. The van der Waals surface area contributed by atoms with Crippen molar-refractivity contribution in [1.29, 1.82) is 0 Å². The van der Waals surface area contributed by atoms with E-state index in [9.17, 15) is 0 Å². The van der Waals surface area contributed by atoms with Crippen LogP contribution in [0, 0.1) is 0 Å². The minimum absolute atomic E-state index is 0.863. The van der Waals surface area contributed by atoms with E-state index >= 15 is 0 Å². The number of ether oxygens (including phenoxy) is 1. The van der Waals surface area contributed by atoms with Gasteiger partial charge < -0.3 is 10.1 Å². The fourth-order valence-corrected chi connectivity index (χ4v) is 2.44. The standard InChI is InChI=1S/C14H18BrN3O/c1-19-14-5-4-12(10-13(14)15)11-16-6-2-8-18-9-3-7-17-18/h3-5,7,9-10,16H,2,6,8,11H2,1H3. The average Bonchev–Trinajstić information content (AvgIpc) is 2.92. The number of aromatic nitrogens is 2. The quantitative estimate of drug-likeness (QED) is 0.796. The third-order valence-corrected chi connectivity index (χ3v) is 3.46. The van der Waals surface area contributed by atoms with Gasteiger partial charge in [-0.2, -0.15) is 5.10 Å². The van der Waals surface area contributed by atoms with Gasteiger partial charge in [0.05, 0.1) is 11.6 Å². The minimum atomic E-state index is 0.863. The van der Waals surface area contributed by atoms with E-state index in [1.54, 1.807) is 7.11 Å². The first-order chi connectivity index (χ1) is 9.29. The molecule has 0 spiro atoms. The molecule has 0 amide bonds. The summed E-state index contributed by atoms with van der Waals surface area (Å²) in [7, 11) is 1.67. The monoisotopic (exact) mass is 323 g/mol. The number of rotatable bonds is 7. The van der Waals surface area contributed by atoms with Crippen LogP contribution in [-0.2, 0) is 13.1 Å². The van der Waals surface area contributed by atoms with Gasteiger partial charge in [0.1, 0.15) is 5.75 Å². The minimum Gasteiger partial charge on any atom is -0.496 e. The summed E-state index contributed by atoms with van der Waals surface area (Å²) >= 11 is 3.49. The van der Waals surface area contributed by atoms with Gasteiger partial charge in [0.2, 0.25) is 0 Å². The number of aryl methyl sites for hydroxylation is 1. The first-order valence-electron chi connectivity index (χ1n) is 6.30. The zero-order valence-electron chi connectivity index (χ0n) is 11.0. The third-order valence-electron chi connectivity index (χ3n) is 2.85. The van der Waals surface area contributed by atoms with Crippen molar-refractivity contribution in [3.05, 3.63) is 46.7 Å². The summed E-state index contributed by atoms with van der Waals surface area (Å²) in [6.07, 6.45) is 4.86. The normalized spacial score (nSPS) is 10.6. The van der Waals surface area contributed by atoms with Gasteiger partial charge in [-0.05, 0) is 52.7 Å². The molecule has 0 atom stereocenters. The van der Waals surface area contributed by atoms with E-state index < -0.39 is 0 Å². The number of nitrogens with one attached hydrogen (secondary N) is 1. The second kappa shape index (κ2) is 7.31. The molecule has 19 heavy (non-hydrogen) atoms. The molecule has 1 heterocycles. The van der Waals surface area contributed by atoms with Crippen LogP contribution in [0.2, 0.25) is 0 Å². The molecule has 0 saturated heterocycles. The lowest BCUT2D eigenvalue weighted by molar-refractivity contribution is 0.412. The number of methoxy groups -OCH3 is 1. The Balaban J connectivity index is 1.69. The van der Waals surface area contributed by atoms with Gasteiger partial charge in [-0.1, -0.05) is 6.07 Å². The van der Waals surface area contributed by atoms with Crippen molar-refractivity contribution < 1.29 is 4.74 Å². The molecule has 5 heteroatoms. The molecule has 0 aliphatic carbocycles. The van der Waals surface area contributed by atoms with Crippen molar-refractivity contribution in [2.75, 3.05) is 13.7 Å². The molecule has 1 N–H and O–H groups in total. The highest BCUT2D eigenvalue weighted by atomic mass is 79.9. The first-order valence-corrected chi connectivity index (χ1v) is 7.09. The van der Waals surface area contributed by atoms with Crippen molar-refractivity contribution in [1.82, 2.24) is 15.1 Å². The Bertz CT molecular complexity index is 499. The van der Waals surface area contributed by atoms with Gasteiger partial charge >= 0.3 is 0 Å². The Labute approximate surface area is 121 Å². The van der Waals surface area contributed by atoms with E-state index in [1.165, 1.54) is 5.56 Å². The molecular formula is C14H18BrN3O. The van der Waals surface area contributed by atoms with Crippen LogP contribution in [0.25, 0.3) is 0 Å². The van der Waals surface area contributed by atoms with E-state index in [0.29, 0.717) is 0 Å². The fraction of sp³-hybridized carbons (Fsp3) is 0.357. The summed E-state index contributed by atoms with van der Waals surface area (Å²) in [5.74, 6) is 0.863. The number of hydrogen-bond acceptors (Lipinski definition) is 3. The van der Waals surface area contributed by atoms with E-state index in [4.69, 9.17) is 4.74 Å². The molecule has 2 aromatic rings. The third kappa shape index (κ3) is 4.36. The van der Waals surface area contributed by atoms with E-state index in [0.717, 1.165) is 36.3 Å². The van der Waals surface area contributed by atoms with Crippen LogP contribution in [0.5, 0.6) is 5.75 Å². The molecule has 0 aliphatic rings. The second-order valence-electron chi connectivity index (χ2n) is 4.27. The Morgan fingerprint density at radius 3 is 3.00 bits per heavy atom. The number of nitrogens with zero attached hydrogens (tertiary/aromatic N) is 2. The van der Waals surface area contributed by atoms with Crippen LogP contribution in [0.3, 0.4) is 0 Å². The van der Waals surface area contributed by atoms with Crippen molar-refractivity contribution in [3.8, 4) is 5.75 Å². The second-order valence-corrected chi connectivity index (χ2v) is 5.12. The van der Waals surface area contributed by atoms with Gasteiger partial charge in [0, 0.05) is 25.5 Å². The summed E-state index contributed by atoms with van der Waals surface area (Å²) < 4.78 is 8.15. The van der Waals surface area contributed by atoms with Gasteiger partial charge in [-0.25, -0.2) is 0 Å². The number of hydrogen-bond donors (Lipinski definition) is 1. The Morgan fingerprint density at radius 1 is 1.42 bits per heavy atom. The van der Waals surface area contributed by atoms with E-state index in [2.05, 4.69) is 38.5 Å². The predicted molar refractivity (Wildman–Crippen MR) is 79.2 cm³/mol. The molecule has 0 aliphatic heterocycles. The first kappa shape index (κ1) is 14.1. The average molecular weight is 324 g/mol. The summed E-state index contributed by atoms with van der Waals surface area (Å²) in [5.41, 5.74) is 1.24. The maximum atomic E-state index is 5.21. The highest BCUT2D eigenvalue weighted by molar-refractivity contribution is 9.10. The highest BCUT2D eigenvalue weighted by Crippen LogP contribution is 2.25. The van der Waals surface area contributed by atoms with Gasteiger partial charge in [-0.3, -0.25) is 4.68 Å². The summed E-state index contributed by atoms with van der Waals surface area (Å²) in [6.45, 7) is 2.79. The summed E-state index contributed by atoms with van der Waals surface area (Å²) in [5, 5.41) is 7.60. The van der Waals surface area contributed by atoms with Gasteiger partial charge in [0.25, 0.3) is 0 Å². The predicted octanol–water partition coefficient (Wildman–Crippen LogP) is 2.83. The Morgan fingerprint density at radius 2 is 2.32 bits per heavy atom. The zero-order chi connectivity index (χ0) is 13.5. The molecule has 0 radical (unpaired) electrons. The zero-order valence-corrected chi connectivity index (χ0v) is 12.6. The smallest absolute Gasteiger partial charge is 0.133 e. The van der Waals surface area contributed by atoms with Crippen LogP contribution >= 0.6 is 15.9 Å². The van der Waals surface area contributed by atoms with Crippen molar-refractivity contribution in [2.24, 2.45) is 0 Å². The largest absolute Gasteiger partial charge is 0.496 e. The lowest BCUT2D eigenvalue weighted by Gasteiger charge is -2.08. The van der Waals surface area contributed by atoms with Crippen LogP contribution in [0.4, 0.5) is 0 Å². The lowest BCUT2D eigenvalue weighted by atomic mass is 10.2. The van der Waals surface area contributed by atoms with Crippen molar-refractivity contribution >= 4 is 15.9 Å². The SMILES string of the molecule is COc1ccc(CNCCCn2cccn2)cc1Br. The maximum Gasteiger partial charge on any atom is 0.133 e. The van der Waals surface area contributed by atoms with Gasteiger partial charge in [-0.15, -0.1) is 0 Å². The number of halogens is 1. The van der Waals surface area contributed by atoms with E-state index in [-0.39, 0.29) is 0 Å². The molecule has 0 saturated carbocycles. The Kier molecular flexibility index (Phi) is 5.42. The van der Waals surface area contributed by atoms with Crippen LogP contribution in [-0.4, -0.2) is 23.4 Å². The summed E-state index contributed by atoms with van der Waals surface area (Å²) in [6, 6.07) is 8.08. The van der Waals surface area contributed by atoms with E-state index in [1.807, 2.05) is 29.2 Å². The fourth-order valence-electron chi connectivity index (χ4n) is 1.85. The maximum absolute atomic E-state index is 5.21. The number of benzene rings is 1. The van der Waals surface area contributed by atoms with Crippen molar-refractivity contribution in [3.63, 3.8) is 0 Å².